The van der Waals surface area contributed by atoms with Crippen LogP contribution in [-0.4, -0.2) is 28.1 Å². The lowest BCUT2D eigenvalue weighted by Gasteiger charge is -2.26. The van der Waals surface area contributed by atoms with Crippen molar-refractivity contribution in [3.8, 4) is 0 Å². The Morgan fingerprint density at radius 2 is 2.06 bits per heavy atom. The summed E-state index contributed by atoms with van der Waals surface area (Å²) in [5.74, 6) is 1.71. The number of rotatable bonds is 6. The Hall–Kier alpha value is -1.29. The highest BCUT2D eigenvalue weighted by Gasteiger charge is 2.18. The molecule has 0 radical (unpaired) electrons. The molecule has 1 heterocycles. The molecular formula is C14H23NO3. The number of aryl methyl sites for hydroxylation is 1. The SMILES string of the molecule is Cc1ccc(CN(C(=O)CCC(C)O)C(C)C)o1. The quantitative estimate of drug-likeness (QED) is 0.847. The maximum Gasteiger partial charge on any atom is 0.223 e. The van der Waals surface area contributed by atoms with Crippen LogP contribution in [0.15, 0.2) is 16.5 Å². The van der Waals surface area contributed by atoms with Crippen molar-refractivity contribution in [1.29, 1.82) is 0 Å². The van der Waals surface area contributed by atoms with Crippen LogP contribution in [0.25, 0.3) is 0 Å². The standard InChI is InChI=1S/C14H23NO3/c1-10(2)15(14(17)8-5-11(3)16)9-13-7-6-12(4)18-13/h6-7,10-11,16H,5,8-9H2,1-4H3. The summed E-state index contributed by atoms with van der Waals surface area (Å²) in [6.45, 7) is 8.04. The van der Waals surface area contributed by atoms with E-state index in [2.05, 4.69) is 0 Å². The third-order valence-corrected chi connectivity index (χ3v) is 2.84. The van der Waals surface area contributed by atoms with Crippen molar-refractivity contribution >= 4 is 5.91 Å². The van der Waals surface area contributed by atoms with Crippen molar-refractivity contribution in [1.82, 2.24) is 4.90 Å². The number of aliphatic hydroxyl groups excluding tert-OH is 1. The Balaban J connectivity index is 2.62. The number of aliphatic hydroxyl groups is 1. The molecule has 1 N–H and O–H groups in total. The van der Waals surface area contributed by atoms with Gasteiger partial charge in [0, 0.05) is 12.5 Å². The van der Waals surface area contributed by atoms with Crippen molar-refractivity contribution < 1.29 is 14.3 Å². The van der Waals surface area contributed by atoms with Crippen LogP contribution < -0.4 is 0 Å². The summed E-state index contributed by atoms with van der Waals surface area (Å²) >= 11 is 0. The van der Waals surface area contributed by atoms with Gasteiger partial charge in [-0.15, -0.1) is 0 Å². The highest BCUT2D eigenvalue weighted by Crippen LogP contribution is 2.14. The minimum Gasteiger partial charge on any atom is -0.464 e. The van der Waals surface area contributed by atoms with Gasteiger partial charge >= 0.3 is 0 Å². The summed E-state index contributed by atoms with van der Waals surface area (Å²) < 4.78 is 5.50. The number of amides is 1. The first-order valence-electron chi connectivity index (χ1n) is 6.43. The number of hydrogen-bond acceptors (Lipinski definition) is 3. The molecule has 102 valence electrons. The fourth-order valence-corrected chi connectivity index (χ4v) is 1.77. The van der Waals surface area contributed by atoms with Crippen LogP contribution in [0, 0.1) is 6.92 Å². The van der Waals surface area contributed by atoms with Crippen molar-refractivity contribution in [3.63, 3.8) is 0 Å². The van der Waals surface area contributed by atoms with Gasteiger partial charge in [0.15, 0.2) is 0 Å². The lowest BCUT2D eigenvalue weighted by Crippen LogP contribution is -2.36. The molecule has 4 heteroatoms. The summed E-state index contributed by atoms with van der Waals surface area (Å²) in [5.41, 5.74) is 0. The zero-order chi connectivity index (χ0) is 13.7. The molecule has 1 aromatic rings. The predicted octanol–water partition coefficient (Wildman–Crippen LogP) is 2.49. The Morgan fingerprint density at radius 1 is 1.39 bits per heavy atom. The maximum absolute atomic E-state index is 12.1. The number of furan rings is 1. The van der Waals surface area contributed by atoms with Crippen LogP contribution in [-0.2, 0) is 11.3 Å². The van der Waals surface area contributed by atoms with E-state index in [1.54, 1.807) is 11.8 Å². The maximum atomic E-state index is 12.1. The molecule has 4 nitrogen and oxygen atoms in total. The molecule has 0 spiro atoms. The van der Waals surface area contributed by atoms with Gasteiger partial charge < -0.3 is 14.4 Å². The molecule has 1 amide bonds. The molecule has 0 aliphatic carbocycles. The van der Waals surface area contributed by atoms with Crippen LogP contribution >= 0.6 is 0 Å². The largest absolute Gasteiger partial charge is 0.464 e. The van der Waals surface area contributed by atoms with Crippen LogP contribution in [0.3, 0.4) is 0 Å². The number of nitrogens with zero attached hydrogens (tertiary/aromatic N) is 1. The summed E-state index contributed by atoms with van der Waals surface area (Å²) in [5, 5.41) is 9.23. The molecule has 0 saturated carbocycles. The van der Waals surface area contributed by atoms with Gasteiger partial charge in [-0.25, -0.2) is 0 Å². The zero-order valence-corrected chi connectivity index (χ0v) is 11.6. The van der Waals surface area contributed by atoms with Gasteiger partial charge in [-0.1, -0.05) is 0 Å². The molecule has 1 rings (SSSR count). The molecule has 0 aliphatic rings. The van der Waals surface area contributed by atoms with Gasteiger partial charge in [0.05, 0.1) is 12.6 Å². The molecule has 18 heavy (non-hydrogen) atoms. The van der Waals surface area contributed by atoms with Crippen molar-refractivity contribution in [3.05, 3.63) is 23.7 Å². The van der Waals surface area contributed by atoms with Crippen molar-refractivity contribution in [2.75, 3.05) is 0 Å². The first-order chi connectivity index (χ1) is 8.40. The van der Waals surface area contributed by atoms with Gasteiger partial charge in [-0.2, -0.15) is 0 Å². The molecule has 0 saturated heterocycles. The average molecular weight is 253 g/mol. The third kappa shape index (κ3) is 4.53. The number of carbonyl (C=O) groups is 1. The number of hydrogen-bond donors (Lipinski definition) is 1. The molecule has 1 atom stereocenters. The van der Waals surface area contributed by atoms with Crippen molar-refractivity contribution in [2.24, 2.45) is 0 Å². The fourth-order valence-electron chi connectivity index (χ4n) is 1.77. The van der Waals surface area contributed by atoms with E-state index in [9.17, 15) is 9.90 Å². The zero-order valence-electron chi connectivity index (χ0n) is 11.6. The second kappa shape index (κ2) is 6.59. The lowest BCUT2D eigenvalue weighted by molar-refractivity contribution is -0.134. The van der Waals surface area contributed by atoms with E-state index in [1.807, 2.05) is 32.9 Å². The van der Waals surface area contributed by atoms with E-state index < -0.39 is 6.10 Å². The Morgan fingerprint density at radius 3 is 2.50 bits per heavy atom. The van der Waals surface area contributed by atoms with Gasteiger partial charge in [-0.3, -0.25) is 4.79 Å². The minimum absolute atomic E-state index is 0.0555. The van der Waals surface area contributed by atoms with Crippen LogP contribution in [0.2, 0.25) is 0 Å². The van der Waals surface area contributed by atoms with Gasteiger partial charge in [0.1, 0.15) is 11.5 Å². The monoisotopic (exact) mass is 253 g/mol. The van der Waals surface area contributed by atoms with Crippen LogP contribution in [0.5, 0.6) is 0 Å². The summed E-state index contributed by atoms with van der Waals surface area (Å²) in [4.78, 5) is 13.9. The molecule has 0 aromatic carbocycles. The predicted molar refractivity (Wildman–Crippen MR) is 70.0 cm³/mol. The van der Waals surface area contributed by atoms with E-state index >= 15 is 0 Å². The normalized spacial score (nSPS) is 12.8. The summed E-state index contributed by atoms with van der Waals surface area (Å²) in [6, 6.07) is 3.91. The molecule has 0 aliphatic heterocycles. The fraction of sp³-hybridized carbons (Fsp3) is 0.643. The highest BCUT2D eigenvalue weighted by atomic mass is 16.3. The molecule has 0 bridgehead atoms. The summed E-state index contributed by atoms with van der Waals surface area (Å²) in [7, 11) is 0. The van der Waals surface area contributed by atoms with Gasteiger partial charge in [-0.05, 0) is 46.2 Å². The van der Waals surface area contributed by atoms with Gasteiger partial charge in [0.25, 0.3) is 0 Å². The van der Waals surface area contributed by atoms with E-state index in [0.717, 1.165) is 11.5 Å². The first kappa shape index (κ1) is 14.8. The Bertz CT molecular complexity index is 382. The third-order valence-electron chi connectivity index (χ3n) is 2.84. The second-order valence-corrected chi connectivity index (χ2v) is 5.02. The van der Waals surface area contributed by atoms with E-state index in [4.69, 9.17) is 4.42 Å². The molecule has 0 fully saturated rings. The second-order valence-electron chi connectivity index (χ2n) is 5.02. The van der Waals surface area contributed by atoms with E-state index in [0.29, 0.717) is 19.4 Å². The molecule has 1 aromatic heterocycles. The number of carbonyl (C=O) groups excluding carboxylic acids is 1. The van der Waals surface area contributed by atoms with Crippen LogP contribution in [0.1, 0.15) is 45.1 Å². The smallest absolute Gasteiger partial charge is 0.223 e. The highest BCUT2D eigenvalue weighted by molar-refractivity contribution is 5.76. The summed E-state index contributed by atoms with van der Waals surface area (Å²) in [6.07, 6.45) is 0.434. The van der Waals surface area contributed by atoms with Crippen LogP contribution in [0.4, 0.5) is 0 Å². The van der Waals surface area contributed by atoms with Gasteiger partial charge in [0.2, 0.25) is 5.91 Å². The molecule has 1 unspecified atom stereocenters. The Kier molecular flexibility index (Phi) is 5.41. The van der Waals surface area contributed by atoms with Crippen molar-refractivity contribution in [2.45, 2.75) is 59.2 Å². The topological polar surface area (TPSA) is 53.7 Å². The lowest BCUT2D eigenvalue weighted by atomic mass is 10.2. The Labute approximate surface area is 109 Å². The average Bonchev–Trinajstić information content (AvgIpc) is 2.68. The van der Waals surface area contributed by atoms with E-state index in [-0.39, 0.29) is 11.9 Å². The minimum atomic E-state index is -0.436. The molecular weight excluding hydrogens is 230 g/mol. The van der Waals surface area contributed by atoms with E-state index in [1.165, 1.54) is 0 Å². The first-order valence-corrected chi connectivity index (χ1v) is 6.43.